The Kier molecular flexibility index (Phi) is 6.35. The van der Waals surface area contributed by atoms with Gasteiger partial charge in [0, 0.05) is 12.6 Å². The van der Waals surface area contributed by atoms with Gasteiger partial charge in [0.2, 0.25) is 0 Å². The number of nitrogens with zero attached hydrogens (tertiary/aromatic N) is 1. The number of ether oxygens (including phenoxy) is 1. The lowest BCUT2D eigenvalue weighted by Crippen LogP contribution is -2.40. The van der Waals surface area contributed by atoms with E-state index in [9.17, 15) is 19.2 Å². The number of esters is 1. The average Bonchev–Trinajstić information content (AvgIpc) is 3.07. The lowest BCUT2D eigenvalue weighted by molar-refractivity contribution is -0.124. The predicted molar refractivity (Wildman–Crippen MR) is 117 cm³/mol. The summed E-state index contributed by atoms with van der Waals surface area (Å²) in [7, 11) is 0. The summed E-state index contributed by atoms with van der Waals surface area (Å²) in [4.78, 5) is 51.4. The van der Waals surface area contributed by atoms with Crippen LogP contribution in [0.4, 0.5) is 0 Å². The molecule has 2 aromatic rings. The zero-order valence-electron chi connectivity index (χ0n) is 18.1. The molecule has 2 aromatic carbocycles. The summed E-state index contributed by atoms with van der Waals surface area (Å²) in [6.45, 7) is 1.89. The third kappa shape index (κ3) is 4.56. The van der Waals surface area contributed by atoms with E-state index in [4.69, 9.17) is 4.74 Å². The zero-order chi connectivity index (χ0) is 22.7. The first-order valence-corrected chi connectivity index (χ1v) is 11.0. The van der Waals surface area contributed by atoms with Crippen LogP contribution in [0.5, 0.6) is 0 Å². The van der Waals surface area contributed by atoms with Crippen LogP contribution in [-0.4, -0.2) is 41.2 Å². The van der Waals surface area contributed by atoms with Gasteiger partial charge >= 0.3 is 5.97 Å². The average molecular weight is 434 g/mol. The largest absolute Gasteiger partial charge is 0.452 e. The molecule has 0 bridgehead atoms. The van der Waals surface area contributed by atoms with E-state index < -0.39 is 18.5 Å². The molecule has 32 heavy (non-hydrogen) atoms. The van der Waals surface area contributed by atoms with Crippen molar-refractivity contribution in [2.45, 2.75) is 51.6 Å². The van der Waals surface area contributed by atoms with Crippen molar-refractivity contribution >= 4 is 23.7 Å². The summed E-state index contributed by atoms with van der Waals surface area (Å²) in [5.41, 5.74) is 2.75. The van der Waals surface area contributed by atoms with E-state index in [0.717, 1.165) is 43.2 Å². The number of imide groups is 1. The summed E-state index contributed by atoms with van der Waals surface area (Å²) in [5.74, 6) is -1.79. The Morgan fingerprint density at radius 2 is 1.66 bits per heavy atom. The maximum absolute atomic E-state index is 12.9. The van der Waals surface area contributed by atoms with E-state index in [1.807, 2.05) is 31.2 Å². The van der Waals surface area contributed by atoms with Gasteiger partial charge in [-0.05, 0) is 43.5 Å². The number of hydrogen-bond acceptors (Lipinski definition) is 5. The van der Waals surface area contributed by atoms with Crippen LogP contribution in [0.3, 0.4) is 0 Å². The Morgan fingerprint density at radius 1 is 0.969 bits per heavy atom. The van der Waals surface area contributed by atoms with Crippen LogP contribution < -0.4 is 5.32 Å². The first-order chi connectivity index (χ1) is 15.4. The van der Waals surface area contributed by atoms with E-state index in [0.29, 0.717) is 12.1 Å². The van der Waals surface area contributed by atoms with Crippen LogP contribution in [0, 0.1) is 6.92 Å². The minimum Gasteiger partial charge on any atom is -0.452 e. The van der Waals surface area contributed by atoms with Crippen LogP contribution in [0.1, 0.15) is 74.3 Å². The Bertz CT molecular complexity index is 1050. The zero-order valence-corrected chi connectivity index (χ0v) is 18.1. The molecule has 0 spiro atoms. The maximum atomic E-state index is 12.9. The molecular weight excluding hydrogens is 408 g/mol. The molecule has 0 saturated heterocycles. The van der Waals surface area contributed by atoms with E-state index in [1.165, 1.54) is 23.1 Å². The number of carbonyl (C=O) groups excluding carboxylic acids is 4. The molecule has 1 N–H and O–H groups in total. The predicted octanol–water partition coefficient (Wildman–Crippen LogP) is 3.40. The molecule has 1 fully saturated rings. The lowest BCUT2D eigenvalue weighted by atomic mass is 9.94. The Hall–Kier alpha value is -3.48. The highest BCUT2D eigenvalue weighted by Gasteiger charge is 2.40. The molecule has 1 saturated carbocycles. The summed E-state index contributed by atoms with van der Waals surface area (Å²) in [5, 5.41) is 2.70. The molecule has 1 aliphatic heterocycles. The van der Waals surface area contributed by atoms with Crippen LogP contribution in [0.15, 0.2) is 42.5 Å². The fraction of sp³-hybridized carbons (Fsp3) is 0.360. The van der Waals surface area contributed by atoms with Crippen molar-refractivity contribution in [3.63, 3.8) is 0 Å². The van der Waals surface area contributed by atoms with Crippen LogP contribution in [0.2, 0.25) is 0 Å². The van der Waals surface area contributed by atoms with Crippen LogP contribution >= 0.6 is 0 Å². The standard InChI is InChI=1S/C25H26N2O5/c1-16-7-9-17(10-8-16)14-26-22(28)15-32-25(31)18-11-12-20-21(13-18)24(30)27(23(20)29)19-5-3-2-4-6-19/h7-13,19H,2-6,14-15H2,1H3,(H,26,28). The molecule has 4 rings (SSSR count). The Labute approximate surface area is 186 Å². The van der Waals surface area contributed by atoms with E-state index >= 15 is 0 Å². The molecule has 7 nitrogen and oxygen atoms in total. The number of amides is 3. The third-order valence-corrected chi connectivity index (χ3v) is 6.04. The van der Waals surface area contributed by atoms with Gasteiger partial charge in [0.25, 0.3) is 17.7 Å². The lowest BCUT2D eigenvalue weighted by Gasteiger charge is -2.29. The van der Waals surface area contributed by atoms with Crippen molar-refractivity contribution in [3.05, 3.63) is 70.3 Å². The molecule has 0 atom stereocenters. The van der Waals surface area contributed by atoms with Crippen molar-refractivity contribution in [2.75, 3.05) is 6.61 Å². The number of nitrogens with one attached hydrogen (secondary N) is 1. The number of aryl methyl sites for hydroxylation is 1. The highest BCUT2D eigenvalue weighted by molar-refractivity contribution is 6.22. The maximum Gasteiger partial charge on any atom is 0.338 e. The molecular formula is C25H26N2O5. The van der Waals surface area contributed by atoms with Crippen molar-refractivity contribution < 1.29 is 23.9 Å². The highest BCUT2D eigenvalue weighted by atomic mass is 16.5. The van der Waals surface area contributed by atoms with Crippen molar-refractivity contribution in [3.8, 4) is 0 Å². The number of fused-ring (bicyclic) bond motifs is 1. The first kappa shape index (κ1) is 21.7. The number of carbonyl (C=O) groups is 4. The molecule has 0 aromatic heterocycles. The molecule has 3 amide bonds. The van der Waals surface area contributed by atoms with E-state index in [2.05, 4.69) is 5.32 Å². The Morgan fingerprint density at radius 3 is 2.38 bits per heavy atom. The van der Waals surface area contributed by atoms with Gasteiger partial charge in [-0.25, -0.2) is 4.79 Å². The fourth-order valence-corrected chi connectivity index (χ4v) is 4.23. The Balaban J connectivity index is 1.35. The highest BCUT2D eigenvalue weighted by Crippen LogP contribution is 2.31. The SMILES string of the molecule is Cc1ccc(CNC(=O)COC(=O)c2ccc3c(c2)C(=O)N(C2CCCCC2)C3=O)cc1. The number of hydrogen-bond donors (Lipinski definition) is 1. The van der Waals surface area contributed by atoms with Gasteiger partial charge in [0.05, 0.1) is 16.7 Å². The van der Waals surface area contributed by atoms with E-state index in [1.54, 1.807) is 0 Å². The summed E-state index contributed by atoms with van der Waals surface area (Å²) >= 11 is 0. The topological polar surface area (TPSA) is 92.8 Å². The minimum absolute atomic E-state index is 0.0798. The van der Waals surface area contributed by atoms with Gasteiger partial charge < -0.3 is 10.1 Å². The quantitative estimate of drug-likeness (QED) is 0.556. The van der Waals surface area contributed by atoms with Gasteiger partial charge in [0.15, 0.2) is 6.61 Å². The van der Waals surface area contributed by atoms with Crippen LogP contribution in [0.25, 0.3) is 0 Å². The van der Waals surface area contributed by atoms with Crippen LogP contribution in [-0.2, 0) is 16.1 Å². The van der Waals surface area contributed by atoms with Crippen molar-refractivity contribution in [1.82, 2.24) is 10.2 Å². The summed E-state index contributed by atoms with van der Waals surface area (Å²) < 4.78 is 5.10. The second-order valence-corrected chi connectivity index (χ2v) is 8.37. The molecule has 1 aliphatic carbocycles. The molecule has 7 heteroatoms. The van der Waals surface area contributed by atoms with Gasteiger partial charge in [0.1, 0.15) is 0 Å². The number of rotatable bonds is 6. The third-order valence-electron chi connectivity index (χ3n) is 6.04. The van der Waals surface area contributed by atoms with Gasteiger partial charge in [-0.2, -0.15) is 0 Å². The van der Waals surface area contributed by atoms with Gasteiger partial charge in [-0.1, -0.05) is 49.1 Å². The molecule has 0 unspecified atom stereocenters. The van der Waals surface area contributed by atoms with Crippen molar-refractivity contribution in [1.29, 1.82) is 0 Å². The second kappa shape index (κ2) is 9.34. The second-order valence-electron chi connectivity index (χ2n) is 8.37. The van der Waals surface area contributed by atoms with Gasteiger partial charge in [-0.15, -0.1) is 0 Å². The number of benzene rings is 2. The smallest absolute Gasteiger partial charge is 0.338 e. The monoisotopic (exact) mass is 434 g/mol. The van der Waals surface area contributed by atoms with Gasteiger partial charge in [-0.3, -0.25) is 19.3 Å². The normalized spacial score (nSPS) is 16.1. The first-order valence-electron chi connectivity index (χ1n) is 11.0. The van der Waals surface area contributed by atoms with E-state index in [-0.39, 0.29) is 29.0 Å². The molecule has 1 heterocycles. The van der Waals surface area contributed by atoms with Crippen molar-refractivity contribution in [2.24, 2.45) is 0 Å². The molecule has 2 aliphatic rings. The summed E-state index contributed by atoms with van der Waals surface area (Å²) in [6.07, 6.45) is 4.76. The molecule has 166 valence electrons. The minimum atomic E-state index is -0.713. The fourth-order valence-electron chi connectivity index (χ4n) is 4.23. The molecule has 0 radical (unpaired) electrons. The summed E-state index contributed by atoms with van der Waals surface area (Å²) in [6, 6.07) is 12.0.